The van der Waals surface area contributed by atoms with Gasteiger partial charge >= 0.3 is 0 Å². The van der Waals surface area contributed by atoms with Crippen LogP contribution in [0.3, 0.4) is 0 Å². The van der Waals surface area contributed by atoms with Crippen molar-refractivity contribution in [2.45, 2.75) is 12.8 Å². The fraction of sp³-hybridized carbons (Fsp3) is 0.357. The first-order valence-electron chi connectivity index (χ1n) is 6.79. The second-order valence-electron chi connectivity index (χ2n) is 4.73. The highest BCUT2D eigenvalue weighted by Gasteiger charge is 2.22. The van der Waals surface area contributed by atoms with E-state index in [1.807, 2.05) is 0 Å². The molecule has 2 N–H and O–H groups in total. The maximum Gasteiger partial charge on any atom is 0.276 e. The van der Waals surface area contributed by atoms with Crippen LogP contribution in [0.5, 0.6) is 5.75 Å². The number of likely N-dealkylation sites (tertiary alicyclic amines) is 1. The summed E-state index contributed by atoms with van der Waals surface area (Å²) in [6, 6.07) is 5.68. The number of ether oxygens (including phenoxy) is 1. The Labute approximate surface area is 126 Å². The minimum atomic E-state index is -0.635. The number of nitrogens with one attached hydrogen (secondary N) is 2. The molecule has 2 rings (SSSR count). The Morgan fingerprint density at radius 2 is 1.95 bits per heavy atom. The summed E-state index contributed by atoms with van der Waals surface area (Å²) >= 11 is 0. The van der Waals surface area contributed by atoms with Gasteiger partial charge in [0.2, 0.25) is 5.91 Å². The molecule has 0 aliphatic carbocycles. The smallest absolute Gasteiger partial charge is 0.276 e. The van der Waals surface area contributed by atoms with E-state index >= 15 is 0 Å². The molecule has 0 radical (unpaired) electrons. The number of carbonyl (C=O) groups excluding carboxylic acids is 3. The number of halogens is 1. The lowest BCUT2D eigenvalue weighted by atomic mass is 10.3. The van der Waals surface area contributed by atoms with E-state index in [1.54, 1.807) is 6.07 Å². The van der Waals surface area contributed by atoms with Gasteiger partial charge in [0.25, 0.3) is 11.8 Å². The van der Waals surface area contributed by atoms with E-state index in [0.29, 0.717) is 13.0 Å². The number of nitrogens with zero attached hydrogens (tertiary/aromatic N) is 1. The molecule has 0 unspecified atom stereocenters. The van der Waals surface area contributed by atoms with Gasteiger partial charge in [-0.15, -0.1) is 0 Å². The monoisotopic (exact) mass is 309 g/mol. The fourth-order valence-electron chi connectivity index (χ4n) is 1.96. The average Bonchev–Trinajstić information content (AvgIpc) is 2.89. The molecule has 1 heterocycles. The lowest BCUT2D eigenvalue weighted by Crippen LogP contribution is -2.48. The molecule has 0 atom stereocenters. The summed E-state index contributed by atoms with van der Waals surface area (Å²) in [5.74, 6) is -1.85. The number of hydrogen-bond donors (Lipinski definition) is 2. The van der Waals surface area contributed by atoms with Crippen LogP contribution in [0.2, 0.25) is 0 Å². The average molecular weight is 309 g/mol. The first-order chi connectivity index (χ1) is 10.6. The van der Waals surface area contributed by atoms with Gasteiger partial charge in [0.1, 0.15) is 6.54 Å². The summed E-state index contributed by atoms with van der Waals surface area (Å²) in [6.07, 6.45) is 1.17. The van der Waals surface area contributed by atoms with Crippen LogP contribution in [0, 0.1) is 5.82 Å². The molecule has 22 heavy (non-hydrogen) atoms. The SMILES string of the molecule is O=C(COc1ccccc1F)NNC(=O)CN1CCCC1=O. The van der Waals surface area contributed by atoms with Gasteiger partial charge in [0.15, 0.2) is 18.2 Å². The Morgan fingerprint density at radius 1 is 1.23 bits per heavy atom. The number of benzene rings is 1. The second kappa shape index (κ2) is 7.39. The van der Waals surface area contributed by atoms with Gasteiger partial charge in [-0.2, -0.15) is 0 Å². The number of rotatable bonds is 5. The Morgan fingerprint density at radius 3 is 2.64 bits per heavy atom. The van der Waals surface area contributed by atoms with Crippen LogP contribution in [-0.4, -0.2) is 42.3 Å². The van der Waals surface area contributed by atoms with E-state index in [-0.39, 0.29) is 18.2 Å². The van der Waals surface area contributed by atoms with E-state index in [1.165, 1.54) is 23.1 Å². The Bertz CT molecular complexity index is 579. The van der Waals surface area contributed by atoms with Crippen molar-refractivity contribution in [1.82, 2.24) is 15.8 Å². The molecule has 0 saturated carbocycles. The molecule has 3 amide bonds. The molecular weight excluding hydrogens is 293 g/mol. The Hall–Kier alpha value is -2.64. The summed E-state index contributed by atoms with van der Waals surface area (Å²) in [5.41, 5.74) is 4.31. The minimum absolute atomic E-state index is 0.0494. The maximum absolute atomic E-state index is 13.3. The van der Waals surface area contributed by atoms with E-state index < -0.39 is 24.2 Å². The van der Waals surface area contributed by atoms with Crippen LogP contribution in [0.1, 0.15) is 12.8 Å². The maximum atomic E-state index is 13.3. The second-order valence-corrected chi connectivity index (χ2v) is 4.73. The molecular formula is C14H16FN3O4. The number of amides is 3. The molecule has 7 nitrogen and oxygen atoms in total. The largest absolute Gasteiger partial charge is 0.481 e. The number of hydrazine groups is 1. The number of para-hydroxylation sites is 1. The lowest BCUT2D eigenvalue weighted by molar-refractivity contribution is -0.134. The standard InChI is InChI=1S/C14H16FN3O4/c15-10-4-1-2-5-11(10)22-9-13(20)17-16-12(19)8-18-7-3-6-14(18)21/h1-2,4-5H,3,6-9H2,(H,16,19)(H,17,20). The molecule has 1 fully saturated rings. The normalized spacial score (nSPS) is 13.9. The van der Waals surface area contributed by atoms with Crippen LogP contribution in [0.4, 0.5) is 4.39 Å². The zero-order valence-corrected chi connectivity index (χ0v) is 11.8. The van der Waals surface area contributed by atoms with Gasteiger partial charge in [-0.3, -0.25) is 25.2 Å². The van der Waals surface area contributed by atoms with Crippen LogP contribution in [-0.2, 0) is 14.4 Å². The predicted molar refractivity (Wildman–Crippen MR) is 74.0 cm³/mol. The highest BCUT2D eigenvalue weighted by Crippen LogP contribution is 2.14. The van der Waals surface area contributed by atoms with Gasteiger partial charge in [0, 0.05) is 13.0 Å². The van der Waals surface area contributed by atoms with E-state index in [4.69, 9.17) is 4.74 Å². The Kier molecular flexibility index (Phi) is 5.29. The van der Waals surface area contributed by atoms with Crippen molar-refractivity contribution in [3.8, 4) is 5.75 Å². The lowest BCUT2D eigenvalue weighted by Gasteiger charge is -2.15. The molecule has 8 heteroatoms. The van der Waals surface area contributed by atoms with Gasteiger partial charge in [-0.25, -0.2) is 4.39 Å². The van der Waals surface area contributed by atoms with Crippen molar-refractivity contribution in [2.24, 2.45) is 0 Å². The molecule has 0 spiro atoms. The molecule has 0 bridgehead atoms. The summed E-state index contributed by atoms with van der Waals surface area (Å²) < 4.78 is 18.2. The van der Waals surface area contributed by atoms with Crippen molar-refractivity contribution in [2.75, 3.05) is 19.7 Å². The van der Waals surface area contributed by atoms with E-state index in [2.05, 4.69) is 10.9 Å². The van der Waals surface area contributed by atoms with Crippen LogP contribution < -0.4 is 15.6 Å². The Balaban J connectivity index is 1.68. The summed E-state index contributed by atoms with van der Waals surface area (Å²) in [6.45, 7) is -0.00621. The zero-order valence-electron chi connectivity index (χ0n) is 11.8. The third-order valence-corrected chi connectivity index (χ3v) is 3.04. The van der Waals surface area contributed by atoms with Crippen molar-refractivity contribution in [3.63, 3.8) is 0 Å². The van der Waals surface area contributed by atoms with Crippen molar-refractivity contribution in [1.29, 1.82) is 0 Å². The van der Waals surface area contributed by atoms with Crippen LogP contribution in [0.15, 0.2) is 24.3 Å². The van der Waals surface area contributed by atoms with Gasteiger partial charge < -0.3 is 9.64 Å². The predicted octanol–water partition coefficient (Wildman–Crippen LogP) is -0.0257. The first kappa shape index (κ1) is 15.7. The van der Waals surface area contributed by atoms with Gasteiger partial charge in [-0.1, -0.05) is 12.1 Å². The fourth-order valence-corrected chi connectivity index (χ4v) is 1.96. The molecule has 1 aromatic carbocycles. The molecule has 1 aliphatic rings. The van der Waals surface area contributed by atoms with Crippen LogP contribution in [0.25, 0.3) is 0 Å². The van der Waals surface area contributed by atoms with Gasteiger partial charge in [0.05, 0.1) is 0 Å². The summed E-state index contributed by atoms with van der Waals surface area (Å²) in [5, 5.41) is 0. The molecule has 1 aromatic rings. The van der Waals surface area contributed by atoms with Crippen LogP contribution >= 0.6 is 0 Å². The zero-order chi connectivity index (χ0) is 15.9. The highest BCUT2D eigenvalue weighted by molar-refractivity contribution is 5.87. The quantitative estimate of drug-likeness (QED) is 0.748. The van der Waals surface area contributed by atoms with Crippen molar-refractivity contribution in [3.05, 3.63) is 30.1 Å². The van der Waals surface area contributed by atoms with Crippen molar-refractivity contribution < 1.29 is 23.5 Å². The van der Waals surface area contributed by atoms with E-state index in [0.717, 1.165) is 6.42 Å². The number of carbonyl (C=O) groups is 3. The van der Waals surface area contributed by atoms with E-state index in [9.17, 15) is 18.8 Å². The molecule has 1 aliphatic heterocycles. The highest BCUT2D eigenvalue weighted by atomic mass is 19.1. The third kappa shape index (κ3) is 4.44. The van der Waals surface area contributed by atoms with Crippen molar-refractivity contribution >= 4 is 17.7 Å². The molecule has 118 valence electrons. The minimum Gasteiger partial charge on any atom is -0.481 e. The topological polar surface area (TPSA) is 87.7 Å². The van der Waals surface area contributed by atoms with Gasteiger partial charge in [-0.05, 0) is 18.6 Å². The number of hydrogen-bond acceptors (Lipinski definition) is 4. The first-order valence-corrected chi connectivity index (χ1v) is 6.79. The summed E-state index contributed by atoms with van der Waals surface area (Å²) in [4.78, 5) is 35.8. The molecule has 1 saturated heterocycles. The summed E-state index contributed by atoms with van der Waals surface area (Å²) in [7, 11) is 0. The third-order valence-electron chi connectivity index (χ3n) is 3.04. The molecule has 0 aromatic heterocycles.